The SMILES string of the molecule is Cc1nn(C)c(C)c1CNC(=O)NC(=O)CCCl. The standard InChI is InChI=1S/C11H17ClN4O2/c1-7-9(8(2)16(3)15-7)6-13-11(18)14-10(17)4-5-12/h4-6H2,1-3H3,(H2,13,14,17,18). The van der Waals surface area contributed by atoms with Crippen LogP contribution in [0.4, 0.5) is 4.79 Å². The molecule has 3 amide bonds. The maximum atomic E-state index is 11.4. The first-order chi connectivity index (χ1) is 8.45. The molecule has 6 nitrogen and oxygen atoms in total. The third kappa shape index (κ3) is 3.73. The average molecular weight is 273 g/mol. The summed E-state index contributed by atoms with van der Waals surface area (Å²) in [5, 5.41) is 9.05. The van der Waals surface area contributed by atoms with Gasteiger partial charge in [-0.05, 0) is 13.8 Å². The summed E-state index contributed by atoms with van der Waals surface area (Å²) in [4.78, 5) is 22.5. The molecular formula is C11H17ClN4O2. The number of halogens is 1. The van der Waals surface area contributed by atoms with E-state index in [-0.39, 0.29) is 18.2 Å². The van der Waals surface area contributed by atoms with Gasteiger partial charge in [0, 0.05) is 37.2 Å². The highest BCUT2D eigenvalue weighted by atomic mass is 35.5. The monoisotopic (exact) mass is 272 g/mol. The molecule has 0 atom stereocenters. The lowest BCUT2D eigenvalue weighted by atomic mass is 10.2. The first-order valence-electron chi connectivity index (χ1n) is 5.58. The Morgan fingerprint density at radius 3 is 2.56 bits per heavy atom. The van der Waals surface area contributed by atoms with Crippen LogP contribution in [0.1, 0.15) is 23.4 Å². The molecule has 2 N–H and O–H groups in total. The van der Waals surface area contributed by atoms with E-state index in [1.54, 1.807) is 4.68 Å². The van der Waals surface area contributed by atoms with Crippen molar-refractivity contribution in [1.82, 2.24) is 20.4 Å². The minimum Gasteiger partial charge on any atom is -0.334 e. The van der Waals surface area contributed by atoms with Gasteiger partial charge in [-0.2, -0.15) is 5.10 Å². The summed E-state index contributed by atoms with van der Waals surface area (Å²) >= 11 is 5.39. The van der Waals surface area contributed by atoms with E-state index in [0.717, 1.165) is 17.0 Å². The fraction of sp³-hybridized carbons (Fsp3) is 0.545. The van der Waals surface area contributed by atoms with Gasteiger partial charge >= 0.3 is 6.03 Å². The van der Waals surface area contributed by atoms with Gasteiger partial charge in [-0.25, -0.2) is 4.79 Å². The number of carbonyl (C=O) groups excluding carboxylic acids is 2. The lowest BCUT2D eigenvalue weighted by Gasteiger charge is -2.06. The van der Waals surface area contributed by atoms with Gasteiger partial charge in [0.25, 0.3) is 0 Å². The van der Waals surface area contributed by atoms with E-state index >= 15 is 0 Å². The summed E-state index contributed by atoms with van der Waals surface area (Å²) in [6.07, 6.45) is 0.125. The lowest BCUT2D eigenvalue weighted by molar-refractivity contribution is -0.119. The molecule has 0 radical (unpaired) electrons. The molecule has 0 aliphatic carbocycles. The fourth-order valence-electron chi connectivity index (χ4n) is 1.56. The van der Waals surface area contributed by atoms with Crippen LogP contribution in [-0.2, 0) is 18.4 Å². The fourth-order valence-corrected chi connectivity index (χ4v) is 1.73. The Morgan fingerprint density at radius 1 is 1.39 bits per heavy atom. The Morgan fingerprint density at radius 2 is 2.06 bits per heavy atom. The van der Waals surface area contributed by atoms with Crippen molar-refractivity contribution in [3.8, 4) is 0 Å². The first kappa shape index (κ1) is 14.5. The van der Waals surface area contributed by atoms with E-state index in [0.29, 0.717) is 6.54 Å². The minimum atomic E-state index is -0.521. The summed E-state index contributed by atoms with van der Waals surface area (Å²) < 4.78 is 1.75. The lowest BCUT2D eigenvalue weighted by Crippen LogP contribution is -2.39. The number of carbonyl (C=O) groups is 2. The van der Waals surface area contributed by atoms with E-state index in [1.165, 1.54) is 0 Å². The number of aromatic nitrogens is 2. The molecule has 0 unspecified atom stereocenters. The van der Waals surface area contributed by atoms with Crippen LogP contribution in [0.15, 0.2) is 0 Å². The van der Waals surface area contributed by atoms with Gasteiger partial charge in [0.1, 0.15) is 0 Å². The smallest absolute Gasteiger partial charge is 0.321 e. The van der Waals surface area contributed by atoms with Gasteiger partial charge in [-0.1, -0.05) is 0 Å². The quantitative estimate of drug-likeness (QED) is 0.803. The Labute approximate surface area is 111 Å². The van der Waals surface area contributed by atoms with Crippen molar-refractivity contribution in [3.05, 3.63) is 17.0 Å². The number of amides is 3. The number of hydrogen-bond donors (Lipinski definition) is 2. The highest BCUT2D eigenvalue weighted by molar-refractivity contribution is 6.19. The second-order valence-electron chi connectivity index (χ2n) is 3.94. The van der Waals surface area contributed by atoms with Crippen molar-refractivity contribution in [3.63, 3.8) is 0 Å². The van der Waals surface area contributed by atoms with E-state index < -0.39 is 6.03 Å². The maximum Gasteiger partial charge on any atom is 0.321 e. The summed E-state index contributed by atoms with van der Waals surface area (Å²) in [6, 6.07) is -0.521. The number of nitrogens with zero attached hydrogens (tertiary/aromatic N) is 2. The highest BCUT2D eigenvalue weighted by Gasteiger charge is 2.11. The van der Waals surface area contributed by atoms with Gasteiger partial charge in [0.05, 0.1) is 5.69 Å². The molecule has 7 heteroatoms. The third-order valence-electron chi connectivity index (χ3n) is 2.66. The summed E-state index contributed by atoms with van der Waals surface area (Å²) in [6.45, 7) is 4.14. The number of urea groups is 1. The molecule has 0 bridgehead atoms. The van der Waals surface area contributed by atoms with Crippen LogP contribution in [-0.4, -0.2) is 27.6 Å². The Kier molecular flexibility index (Phi) is 5.15. The van der Waals surface area contributed by atoms with E-state index in [4.69, 9.17) is 11.6 Å². The number of nitrogens with one attached hydrogen (secondary N) is 2. The number of rotatable bonds is 4. The van der Waals surface area contributed by atoms with Crippen LogP contribution in [0.3, 0.4) is 0 Å². The van der Waals surface area contributed by atoms with Crippen molar-refractivity contribution >= 4 is 23.5 Å². The Hall–Kier alpha value is -1.56. The maximum absolute atomic E-state index is 11.4. The molecule has 0 aliphatic heterocycles. The zero-order valence-electron chi connectivity index (χ0n) is 10.7. The van der Waals surface area contributed by atoms with Crippen molar-refractivity contribution in [2.75, 3.05) is 5.88 Å². The molecule has 100 valence electrons. The van der Waals surface area contributed by atoms with Gasteiger partial charge in [-0.15, -0.1) is 11.6 Å². The van der Waals surface area contributed by atoms with E-state index in [1.807, 2.05) is 20.9 Å². The molecular weight excluding hydrogens is 256 g/mol. The van der Waals surface area contributed by atoms with Crippen molar-refractivity contribution in [1.29, 1.82) is 0 Å². The van der Waals surface area contributed by atoms with Crippen LogP contribution < -0.4 is 10.6 Å². The van der Waals surface area contributed by atoms with E-state index in [2.05, 4.69) is 15.7 Å². The summed E-state index contributed by atoms with van der Waals surface area (Å²) in [5.74, 6) is -0.193. The highest BCUT2D eigenvalue weighted by Crippen LogP contribution is 2.10. The van der Waals surface area contributed by atoms with Crippen LogP contribution in [0.25, 0.3) is 0 Å². The number of imide groups is 1. The first-order valence-corrected chi connectivity index (χ1v) is 6.12. The number of alkyl halides is 1. The molecule has 1 aromatic rings. The molecule has 0 saturated carbocycles. The van der Waals surface area contributed by atoms with Gasteiger partial charge in [0.15, 0.2) is 0 Å². The summed E-state index contributed by atoms with van der Waals surface area (Å²) in [7, 11) is 1.84. The number of hydrogen-bond acceptors (Lipinski definition) is 3. The largest absolute Gasteiger partial charge is 0.334 e. The van der Waals surface area contributed by atoms with Crippen molar-refractivity contribution < 1.29 is 9.59 Å². The molecule has 1 aromatic heterocycles. The zero-order chi connectivity index (χ0) is 13.7. The van der Waals surface area contributed by atoms with Crippen molar-refractivity contribution in [2.24, 2.45) is 7.05 Å². The average Bonchev–Trinajstić information content (AvgIpc) is 2.51. The second-order valence-corrected chi connectivity index (χ2v) is 4.32. The Bertz CT molecular complexity index is 456. The molecule has 18 heavy (non-hydrogen) atoms. The Balaban J connectivity index is 2.50. The van der Waals surface area contributed by atoms with Gasteiger partial charge in [0.2, 0.25) is 5.91 Å². The number of aryl methyl sites for hydroxylation is 2. The van der Waals surface area contributed by atoms with Gasteiger partial charge in [-0.3, -0.25) is 14.8 Å². The molecule has 1 heterocycles. The predicted molar refractivity (Wildman–Crippen MR) is 68.4 cm³/mol. The predicted octanol–water partition coefficient (Wildman–Crippen LogP) is 0.992. The molecule has 1 rings (SSSR count). The van der Waals surface area contributed by atoms with E-state index in [9.17, 15) is 9.59 Å². The normalized spacial score (nSPS) is 10.2. The molecule has 0 fully saturated rings. The van der Waals surface area contributed by atoms with Gasteiger partial charge < -0.3 is 5.32 Å². The van der Waals surface area contributed by atoms with Crippen LogP contribution >= 0.6 is 11.6 Å². The molecule has 0 aromatic carbocycles. The zero-order valence-corrected chi connectivity index (χ0v) is 11.5. The third-order valence-corrected chi connectivity index (χ3v) is 2.85. The topological polar surface area (TPSA) is 76.0 Å². The molecule has 0 aliphatic rings. The summed E-state index contributed by atoms with van der Waals surface area (Å²) in [5.41, 5.74) is 2.81. The minimum absolute atomic E-state index is 0.125. The molecule has 0 spiro atoms. The van der Waals surface area contributed by atoms with Crippen molar-refractivity contribution in [2.45, 2.75) is 26.8 Å². The second kappa shape index (κ2) is 6.39. The van der Waals surface area contributed by atoms with Crippen LogP contribution in [0.5, 0.6) is 0 Å². The van der Waals surface area contributed by atoms with Crippen LogP contribution in [0.2, 0.25) is 0 Å². The molecule has 0 saturated heterocycles. The van der Waals surface area contributed by atoms with Crippen LogP contribution in [0, 0.1) is 13.8 Å².